The van der Waals surface area contributed by atoms with Crippen molar-refractivity contribution in [2.75, 3.05) is 13.1 Å². The predicted molar refractivity (Wildman–Crippen MR) is 78.0 cm³/mol. The molecule has 0 saturated carbocycles. The van der Waals surface area contributed by atoms with Gasteiger partial charge in [-0.05, 0) is 59.0 Å². The lowest BCUT2D eigenvalue weighted by molar-refractivity contribution is 0.00578. The summed E-state index contributed by atoms with van der Waals surface area (Å²) >= 11 is 0. The molecule has 1 unspecified atom stereocenters. The SMILES string of the molecule is CC1(C)OB(C2=CCCN3CCCCC23)OC1(C)C. The van der Waals surface area contributed by atoms with E-state index in [0.717, 1.165) is 6.42 Å². The fourth-order valence-electron chi connectivity index (χ4n) is 3.40. The third-order valence-electron chi connectivity index (χ3n) is 5.32. The van der Waals surface area contributed by atoms with E-state index in [1.165, 1.54) is 37.8 Å². The van der Waals surface area contributed by atoms with Crippen LogP contribution in [0.3, 0.4) is 0 Å². The molecule has 0 aromatic heterocycles. The second kappa shape index (κ2) is 4.61. The minimum Gasteiger partial charge on any atom is -0.400 e. The Hall–Kier alpha value is -0.315. The van der Waals surface area contributed by atoms with E-state index < -0.39 is 0 Å². The average molecular weight is 263 g/mol. The van der Waals surface area contributed by atoms with E-state index in [1.807, 2.05) is 0 Å². The fourth-order valence-corrected chi connectivity index (χ4v) is 3.40. The standard InChI is InChI=1S/C15H26BNO2/c1-14(2)15(3,4)19-16(18-14)12-8-7-11-17-10-6-5-9-13(12)17/h8,13H,5-7,9-11H2,1-4H3. The van der Waals surface area contributed by atoms with E-state index in [-0.39, 0.29) is 18.3 Å². The van der Waals surface area contributed by atoms with E-state index in [4.69, 9.17) is 9.31 Å². The predicted octanol–water partition coefficient (Wildman–Crippen LogP) is 2.80. The van der Waals surface area contributed by atoms with Gasteiger partial charge in [0, 0.05) is 12.6 Å². The molecule has 2 fully saturated rings. The summed E-state index contributed by atoms with van der Waals surface area (Å²) in [6, 6.07) is 0.553. The maximum absolute atomic E-state index is 6.24. The van der Waals surface area contributed by atoms with E-state index >= 15 is 0 Å². The Kier molecular flexibility index (Phi) is 3.31. The number of nitrogens with zero attached hydrogens (tertiary/aromatic N) is 1. The Bertz CT molecular complexity index is 376. The van der Waals surface area contributed by atoms with Gasteiger partial charge in [-0.2, -0.15) is 0 Å². The van der Waals surface area contributed by atoms with Crippen molar-refractivity contribution in [2.24, 2.45) is 0 Å². The van der Waals surface area contributed by atoms with E-state index in [1.54, 1.807) is 0 Å². The number of hydrogen-bond acceptors (Lipinski definition) is 3. The number of fused-ring (bicyclic) bond motifs is 1. The molecule has 3 rings (SSSR count). The van der Waals surface area contributed by atoms with E-state index in [2.05, 4.69) is 38.7 Å². The first-order valence-electron chi connectivity index (χ1n) is 7.70. The summed E-state index contributed by atoms with van der Waals surface area (Å²) in [4.78, 5) is 2.61. The molecule has 2 saturated heterocycles. The molecule has 0 amide bonds. The number of hydrogen-bond donors (Lipinski definition) is 0. The lowest BCUT2D eigenvalue weighted by atomic mass is 9.69. The Morgan fingerprint density at radius 1 is 1.11 bits per heavy atom. The molecule has 3 aliphatic heterocycles. The maximum atomic E-state index is 6.24. The number of rotatable bonds is 1. The first-order valence-corrected chi connectivity index (χ1v) is 7.70. The molecule has 0 radical (unpaired) electrons. The molecule has 3 heterocycles. The second-order valence-electron chi connectivity index (χ2n) is 7.13. The van der Waals surface area contributed by atoms with Crippen LogP contribution < -0.4 is 0 Å². The van der Waals surface area contributed by atoms with Crippen molar-refractivity contribution in [3.63, 3.8) is 0 Å². The second-order valence-corrected chi connectivity index (χ2v) is 7.13. The Morgan fingerprint density at radius 3 is 2.47 bits per heavy atom. The molecule has 0 N–H and O–H groups in total. The van der Waals surface area contributed by atoms with Gasteiger partial charge in [0.2, 0.25) is 0 Å². The van der Waals surface area contributed by atoms with Gasteiger partial charge in [-0.1, -0.05) is 12.5 Å². The van der Waals surface area contributed by atoms with Gasteiger partial charge in [-0.15, -0.1) is 0 Å². The van der Waals surface area contributed by atoms with Crippen molar-refractivity contribution in [1.82, 2.24) is 4.90 Å². The van der Waals surface area contributed by atoms with Gasteiger partial charge >= 0.3 is 7.12 Å². The zero-order valence-corrected chi connectivity index (χ0v) is 12.7. The van der Waals surface area contributed by atoms with Crippen molar-refractivity contribution in [3.05, 3.63) is 11.5 Å². The summed E-state index contributed by atoms with van der Waals surface area (Å²) < 4.78 is 12.5. The van der Waals surface area contributed by atoms with Crippen LogP contribution in [-0.4, -0.2) is 42.4 Å². The Balaban J connectivity index is 1.81. The molecule has 4 heteroatoms. The molecule has 0 bridgehead atoms. The molecule has 0 spiro atoms. The van der Waals surface area contributed by atoms with Crippen molar-refractivity contribution < 1.29 is 9.31 Å². The van der Waals surface area contributed by atoms with Gasteiger partial charge in [0.1, 0.15) is 0 Å². The molecule has 3 nitrogen and oxygen atoms in total. The van der Waals surface area contributed by atoms with Crippen LogP contribution >= 0.6 is 0 Å². The minimum absolute atomic E-state index is 0.143. The van der Waals surface area contributed by atoms with E-state index in [9.17, 15) is 0 Å². The fraction of sp³-hybridized carbons (Fsp3) is 0.867. The highest BCUT2D eigenvalue weighted by atomic mass is 16.7. The highest BCUT2D eigenvalue weighted by molar-refractivity contribution is 6.55. The molecule has 0 aromatic rings. The van der Waals surface area contributed by atoms with Crippen LogP contribution in [0.1, 0.15) is 53.4 Å². The summed E-state index contributed by atoms with van der Waals surface area (Å²) in [5.74, 6) is 0. The molecular formula is C15H26BNO2. The average Bonchev–Trinajstić information content (AvgIpc) is 2.58. The lowest BCUT2D eigenvalue weighted by Gasteiger charge is -2.40. The molecule has 1 atom stereocenters. The Labute approximate surface area is 117 Å². The smallest absolute Gasteiger partial charge is 0.400 e. The number of piperidine rings is 1. The van der Waals surface area contributed by atoms with Crippen LogP contribution in [0, 0.1) is 0 Å². The van der Waals surface area contributed by atoms with Crippen LogP contribution in [0.15, 0.2) is 11.5 Å². The summed E-state index contributed by atoms with van der Waals surface area (Å²) in [6.07, 6.45) is 7.44. The zero-order valence-electron chi connectivity index (χ0n) is 12.7. The highest BCUT2D eigenvalue weighted by Gasteiger charge is 2.54. The van der Waals surface area contributed by atoms with Gasteiger partial charge in [-0.25, -0.2) is 0 Å². The molecule has 106 valence electrons. The van der Waals surface area contributed by atoms with Crippen molar-refractivity contribution in [2.45, 2.75) is 70.6 Å². The van der Waals surface area contributed by atoms with Gasteiger partial charge in [-0.3, -0.25) is 4.90 Å². The third-order valence-corrected chi connectivity index (χ3v) is 5.32. The van der Waals surface area contributed by atoms with Crippen LogP contribution in [0.5, 0.6) is 0 Å². The van der Waals surface area contributed by atoms with Crippen LogP contribution in [0.2, 0.25) is 0 Å². The van der Waals surface area contributed by atoms with Gasteiger partial charge < -0.3 is 9.31 Å². The maximum Gasteiger partial charge on any atom is 0.491 e. The topological polar surface area (TPSA) is 21.7 Å². The van der Waals surface area contributed by atoms with Crippen LogP contribution in [0.25, 0.3) is 0 Å². The molecule has 3 aliphatic rings. The lowest BCUT2D eigenvalue weighted by Crippen LogP contribution is -2.47. The van der Waals surface area contributed by atoms with Crippen LogP contribution in [-0.2, 0) is 9.31 Å². The molecule has 0 aliphatic carbocycles. The quantitative estimate of drug-likeness (QED) is 0.679. The summed E-state index contributed by atoms with van der Waals surface area (Å²) in [5, 5.41) is 0. The van der Waals surface area contributed by atoms with Crippen molar-refractivity contribution in [3.8, 4) is 0 Å². The summed E-state index contributed by atoms with van der Waals surface area (Å²) in [7, 11) is -0.143. The summed E-state index contributed by atoms with van der Waals surface area (Å²) in [6.45, 7) is 11.0. The first-order chi connectivity index (χ1) is 8.91. The minimum atomic E-state index is -0.227. The van der Waals surface area contributed by atoms with E-state index in [0.29, 0.717) is 6.04 Å². The van der Waals surface area contributed by atoms with Gasteiger partial charge in [0.25, 0.3) is 0 Å². The third kappa shape index (κ3) is 2.28. The molecule has 19 heavy (non-hydrogen) atoms. The zero-order chi connectivity index (χ0) is 13.7. The van der Waals surface area contributed by atoms with Crippen LogP contribution in [0.4, 0.5) is 0 Å². The molecule has 0 aromatic carbocycles. The first kappa shape index (κ1) is 13.7. The van der Waals surface area contributed by atoms with Gasteiger partial charge in [0.05, 0.1) is 11.2 Å². The highest BCUT2D eigenvalue weighted by Crippen LogP contribution is 2.41. The van der Waals surface area contributed by atoms with Crippen molar-refractivity contribution >= 4 is 7.12 Å². The van der Waals surface area contributed by atoms with Crippen molar-refractivity contribution in [1.29, 1.82) is 0 Å². The molecular weight excluding hydrogens is 237 g/mol. The summed E-state index contributed by atoms with van der Waals surface area (Å²) in [5.41, 5.74) is 0.926. The normalized spacial score (nSPS) is 34.0. The largest absolute Gasteiger partial charge is 0.491 e. The van der Waals surface area contributed by atoms with Gasteiger partial charge in [0.15, 0.2) is 0 Å². The monoisotopic (exact) mass is 263 g/mol. The Morgan fingerprint density at radius 2 is 1.79 bits per heavy atom.